The molecule has 4 aliphatic carbocycles. The van der Waals surface area contributed by atoms with Crippen LogP contribution in [-0.2, 0) is 19.1 Å². The maximum absolute atomic E-state index is 13.5. The molecule has 0 aromatic rings. The first-order valence-electron chi connectivity index (χ1n) is 14.5. The van der Waals surface area contributed by atoms with E-state index in [1.807, 2.05) is 0 Å². The van der Waals surface area contributed by atoms with E-state index in [1.54, 1.807) is 7.11 Å². The van der Waals surface area contributed by atoms with Gasteiger partial charge in [-0.3, -0.25) is 9.59 Å². The minimum Gasteiger partial charge on any atom is -0.481 e. The van der Waals surface area contributed by atoms with Crippen molar-refractivity contribution in [3.8, 4) is 0 Å². The van der Waals surface area contributed by atoms with Crippen molar-refractivity contribution >= 4 is 11.9 Å². The standard InChI is InChI=1S/C29H45F3O6/c1-17(24(16-37-3)38-26(35)6-4-5-25(33)34)22-9-10-23-21-8-7-18-15-28(36,29(30,31)32)14-12-19(18)20(21)11-13-27(22,23)2/h17-24,36H,4-16H2,1-3H3,(H,33,34)/t17-,18+,19-,20+,21+,22+,23-,24+,27+,28+/m0/s1. The summed E-state index contributed by atoms with van der Waals surface area (Å²) in [5.74, 6) is 0.764. The number of carbonyl (C=O) groups excluding carboxylic acids is 1. The van der Waals surface area contributed by atoms with Gasteiger partial charge in [-0.05, 0) is 111 Å². The molecule has 0 radical (unpaired) electrons. The topological polar surface area (TPSA) is 93.1 Å². The van der Waals surface area contributed by atoms with Crippen LogP contribution in [-0.4, -0.2) is 53.7 Å². The van der Waals surface area contributed by atoms with Gasteiger partial charge in [0, 0.05) is 20.0 Å². The molecule has 2 N–H and O–H groups in total. The molecule has 4 aliphatic rings. The van der Waals surface area contributed by atoms with Crippen molar-refractivity contribution in [1.82, 2.24) is 0 Å². The molecule has 0 spiro atoms. The van der Waals surface area contributed by atoms with Crippen LogP contribution in [0.3, 0.4) is 0 Å². The van der Waals surface area contributed by atoms with Crippen molar-refractivity contribution in [3.05, 3.63) is 0 Å². The van der Waals surface area contributed by atoms with E-state index in [0.29, 0.717) is 36.7 Å². The Morgan fingerprint density at radius 2 is 1.71 bits per heavy atom. The Labute approximate surface area is 224 Å². The first-order valence-corrected chi connectivity index (χ1v) is 14.5. The number of alkyl halides is 3. The van der Waals surface area contributed by atoms with Crippen molar-refractivity contribution in [1.29, 1.82) is 0 Å². The van der Waals surface area contributed by atoms with Crippen molar-refractivity contribution in [2.45, 2.75) is 109 Å². The molecule has 0 aromatic heterocycles. The Bertz CT molecular complexity index is 864. The summed E-state index contributed by atoms with van der Waals surface area (Å²) in [6.45, 7) is 4.80. The number of hydrogen-bond donors (Lipinski definition) is 2. The average molecular weight is 547 g/mol. The van der Waals surface area contributed by atoms with E-state index in [0.717, 1.165) is 38.5 Å². The molecule has 0 aromatic carbocycles. The zero-order valence-corrected chi connectivity index (χ0v) is 23.0. The Morgan fingerprint density at radius 3 is 2.37 bits per heavy atom. The molecule has 0 amide bonds. The van der Waals surface area contributed by atoms with Crippen molar-refractivity contribution in [3.63, 3.8) is 0 Å². The third-order valence-electron chi connectivity index (χ3n) is 11.2. The molecule has 6 nitrogen and oxygen atoms in total. The zero-order chi connectivity index (χ0) is 27.9. The van der Waals surface area contributed by atoms with Crippen molar-refractivity contribution in [2.24, 2.45) is 46.8 Å². The predicted octanol–water partition coefficient (Wildman–Crippen LogP) is 6.00. The molecular formula is C29H45F3O6. The van der Waals surface area contributed by atoms with E-state index >= 15 is 0 Å². The van der Waals surface area contributed by atoms with Crippen LogP contribution in [0.25, 0.3) is 0 Å². The number of carboxylic acids is 1. The Balaban J connectivity index is 1.42. The predicted molar refractivity (Wildman–Crippen MR) is 134 cm³/mol. The first kappa shape index (κ1) is 29.6. The molecule has 4 saturated carbocycles. The molecule has 0 bridgehead atoms. The summed E-state index contributed by atoms with van der Waals surface area (Å²) in [7, 11) is 1.59. The van der Waals surface area contributed by atoms with Gasteiger partial charge >= 0.3 is 18.1 Å². The maximum Gasteiger partial charge on any atom is 0.417 e. The minimum atomic E-state index is -4.56. The fourth-order valence-corrected chi connectivity index (χ4v) is 9.37. The number of fused-ring (bicyclic) bond motifs is 5. The largest absolute Gasteiger partial charge is 0.481 e. The van der Waals surface area contributed by atoms with E-state index in [-0.39, 0.29) is 55.3 Å². The molecule has 10 atom stereocenters. The van der Waals surface area contributed by atoms with Gasteiger partial charge < -0.3 is 19.7 Å². The van der Waals surface area contributed by atoms with Gasteiger partial charge in [0.1, 0.15) is 6.10 Å². The lowest BCUT2D eigenvalue weighted by molar-refractivity contribution is -0.282. The van der Waals surface area contributed by atoms with Gasteiger partial charge in [-0.2, -0.15) is 13.2 Å². The Kier molecular flexibility index (Phi) is 8.78. The second-order valence-electron chi connectivity index (χ2n) is 13.0. The third kappa shape index (κ3) is 5.61. The van der Waals surface area contributed by atoms with Crippen LogP contribution in [0, 0.1) is 46.8 Å². The number of aliphatic hydroxyl groups is 1. The van der Waals surface area contributed by atoms with E-state index in [4.69, 9.17) is 14.6 Å². The van der Waals surface area contributed by atoms with Crippen molar-refractivity contribution < 1.29 is 42.4 Å². The van der Waals surface area contributed by atoms with Crippen LogP contribution in [0.4, 0.5) is 13.2 Å². The SMILES string of the molecule is COC[C@@H](OC(=O)CCCC(=O)O)[C@@H](C)[C@H]1CC[C@H]2[C@@H]3CC[C@@H]4C[C@@](O)(C(F)(F)F)CC[C@@H]4[C@H]3CC[C@]12C. The molecule has 218 valence electrons. The number of ether oxygens (including phenoxy) is 2. The minimum absolute atomic E-state index is 0.0521. The van der Waals surface area contributed by atoms with Crippen molar-refractivity contribution in [2.75, 3.05) is 13.7 Å². The van der Waals surface area contributed by atoms with Crippen LogP contribution < -0.4 is 0 Å². The molecule has 0 heterocycles. The zero-order valence-electron chi connectivity index (χ0n) is 23.0. The number of aliphatic carboxylic acids is 1. The molecular weight excluding hydrogens is 501 g/mol. The fraction of sp³-hybridized carbons (Fsp3) is 0.931. The van der Waals surface area contributed by atoms with E-state index < -0.39 is 29.8 Å². The first-order chi connectivity index (χ1) is 17.8. The molecule has 38 heavy (non-hydrogen) atoms. The summed E-state index contributed by atoms with van der Waals surface area (Å²) in [5.41, 5.74) is -2.45. The van der Waals surface area contributed by atoms with Gasteiger partial charge in [-0.25, -0.2) is 0 Å². The fourth-order valence-electron chi connectivity index (χ4n) is 9.37. The molecule has 9 heteroatoms. The van der Waals surface area contributed by atoms with Gasteiger partial charge in [0.15, 0.2) is 5.60 Å². The van der Waals surface area contributed by atoms with Crippen LogP contribution in [0.15, 0.2) is 0 Å². The normalized spacial score (nSPS) is 40.4. The van der Waals surface area contributed by atoms with Crippen LogP contribution in [0.2, 0.25) is 0 Å². The molecule has 0 unspecified atom stereocenters. The monoisotopic (exact) mass is 546 g/mol. The number of methoxy groups -OCH3 is 1. The van der Waals surface area contributed by atoms with Crippen LogP contribution in [0.1, 0.15) is 90.9 Å². The van der Waals surface area contributed by atoms with E-state index in [9.17, 15) is 27.9 Å². The van der Waals surface area contributed by atoms with Gasteiger partial charge in [0.25, 0.3) is 0 Å². The number of halogens is 3. The summed E-state index contributed by atoms with van der Waals surface area (Å²) in [6.07, 6.45) is 1.26. The number of esters is 1. The van der Waals surface area contributed by atoms with Gasteiger partial charge in [-0.1, -0.05) is 13.8 Å². The lowest BCUT2D eigenvalue weighted by Crippen LogP contribution is -2.55. The number of carboxylic acid groups (broad SMARTS) is 1. The van der Waals surface area contributed by atoms with Crippen LogP contribution in [0.5, 0.6) is 0 Å². The molecule has 4 rings (SSSR count). The van der Waals surface area contributed by atoms with Crippen LogP contribution >= 0.6 is 0 Å². The highest BCUT2D eigenvalue weighted by molar-refractivity contribution is 5.71. The summed E-state index contributed by atoms with van der Waals surface area (Å²) in [6, 6.07) is 0. The summed E-state index contributed by atoms with van der Waals surface area (Å²) in [5, 5.41) is 19.2. The van der Waals surface area contributed by atoms with Gasteiger partial charge in [0.2, 0.25) is 0 Å². The molecule has 0 aliphatic heterocycles. The van der Waals surface area contributed by atoms with Gasteiger partial charge in [-0.15, -0.1) is 0 Å². The average Bonchev–Trinajstić information content (AvgIpc) is 3.19. The smallest absolute Gasteiger partial charge is 0.417 e. The highest BCUT2D eigenvalue weighted by atomic mass is 19.4. The highest BCUT2D eigenvalue weighted by Gasteiger charge is 2.62. The summed E-state index contributed by atoms with van der Waals surface area (Å²) < 4.78 is 51.9. The Morgan fingerprint density at radius 1 is 1.00 bits per heavy atom. The molecule has 0 saturated heterocycles. The second-order valence-corrected chi connectivity index (χ2v) is 13.0. The lowest BCUT2D eigenvalue weighted by Gasteiger charge is -2.57. The molecule has 4 fully saturated rings. The number of rotatable bonds is 9. The Hall–Kier alpha value is -1.35. The maximum atomic E-state index is 13.5. The summed E-state index contributed by atoms with van der Waals surface area (Å²) >= 11 is 0. The lowest BCUT2D eigenvalue weighted by atomic mass is 9.48. The third-order valence-corrected chi connectivity index (χ3v) is 11.2. The highest BCUT2D eigenvalue weighted by Crippen LogP contribution is 2.66. The van der Waals surface area contributed by atoms with E-state index in [2.05, 4.69) is 13.8 Å². The van der Waals surface area contributed by atoms with E-state index in [1.165, 1.54) is 0 Å². The number of hydrogen-bond acceptors (Lipinski definition) is 5. The van der Waals surface area contributed by atoms with Gasteiger partial charge in [0.05, 0.1) is 6.61 Å². The summed E-state index contributed by atoms with van der Waals surface area (Å²) in [4.78, 5) is 23.2. The quantitative estimate of drug-likeness (QED) is 0.345. The number of carbonyl (C=O) groups is 2. The second kappa shape index (κ2) is 11.3.